The van der Waals surface area contributed by atoms with E-state index in [0.717, 1.165) is 0 Å². The van der Waals surface area contributed by atoms with E-state index >= 15 is 0 Å². The topological polar surface area (TPSA) is 186 Å². The van der Waals surface area contributed by atoms with E-state index in [4.69, 9.17) is 38.3 Å². The highest BCUT2D eigenvalue weighted by Crippen LogP contribution is 2.41. The maximum atomic E-state index is 10.4. The summed E-state index contributed by atoms with van der Waals surface area (Å²) in [5.41, 5.74) is 0. The van der Waals surface area contributed by atoms with Crippen molar-refractivity contribution in [3.05, 3.63) is 12.1 Å². The highest BCUT2D eigenvalue weighted by Gasteiger charge is 2.47. The fourth-order valence-electron chi connectivity index (χ4n) is 3.60. The van der Waals surface area contributed by atoms with Crippen LogP contribution in [0.4, 0.5) is 0 Å². The van der Waals surface area contributed by atoms with E-state index in [2.05, 4.69) is 0 Å². The molecule has 1 aromatic carbocycles. The minimum absolute atomic E-state index is 0.153. The van der Waals surface area contributed by atoms with Crippen LogP contribution in [-0.4, -0.2) is 120 Å². The van der Waals surface area contributed by atoms with Crippen LogP contribution in [0.1, 0.15) is 0 Å². The Hall–Kier alpha value is -1.94. The van der Waals surface area contributed by atoms with Gasteiger partial charge in [0.25, 0.3) is 0 Å². The zero-order chi connectivity index (χ0) is 24.3. The molecule has 33 heavy (non-hydrogen) atoms. The molecule has 0 unspecified atom stereocenters. The number of ether oxygens (including phenoxy) is 7. The van der Waals surface area contributed by atoms with Crippen molar-refractivity contribution >= 4 is 0 Å². The molecule has 3 rings (SSSR count). The van der Waals surface area contributed by atoms with Gasteiger partial charge in [-0.25, -0.2) is 0 Å². The summed E-state index contributed by atoms with van der Waals surface area (Å²) in [4.78, 5) is 0. The van der Waals surface area contributed by atoms with Crippen molar-refractivity contribution in [2.75, 3.05) is 34.5 Å². The van der Waals surface area contributed by atoms with Crippen molar-refractivity contribution < 1.29 is 63.8 Å². The second-order valence-electron chi connectivity index (χ2n) is 7.53. The second kappa shape index (κ2) is 11.0. The maximum Gasteiger partial charge on any atom is 0.229 e. The Balaban J connectivity index is 1.71. The molecule has 0 aliphatic carbocycles. The number of aliphatic hydroxyl groups excluding tert-OH is 6. The average Bonchev–Trinajstić information content (AvgIpc) is 3.10. The standard InChI is InChI=1S/C20H30O13/c1-27-9-4-8(5-10(28-2)18(9)29-3)31-20-17(26)15(24)14(23)12(33-20)7-30-19-16(25)13(22)11(6-21)32-19/h4-5,11-17,19-26H,6-7H2,1-3H3/t11-,12-,13-,14-,15+,16-,17-,19-,20-/m1/s1. The summed E-state index contributed by atoms with van der Waals surface area (Å²) in [6, 6.07) is 2.92. The van der Waals surface area contributed by atoms with Gasteiger partial charge in [0.15, 0.2) is 17.8 Å². The van der Waals surface area contributed by atoms with Gasteiger partial charge in [0.1, 0.15) is 48.5 Å². The van der Waals surface area contributed by atoms with E-state index in [0.29, 0.717) is 5.75 Å². The first-order valence-corrected chi connectivity index (χ1v) is 10.2. The molecule has 2 fully saturated rings. The van der Waals surface area contributed by atoms with Gasteiger partial charge in [-0.1, -0.05) is 0 Å². The number of hydrogen-bond acceptors (Lipinski definition) is 13. The third kappa shape index (κ3) is 5.26. The first-order valence-electron chi connectivity index (χ1n) is 10.2. The Morgan fingerprint density at radius 1 is 0.727 bits per heavy atom. The predicted octanol–water partition coefficient (Wildman–Crippen LogP) is -2.65. The number of hydrogen-bond donors (Lipinski definition) is 6. The van der Waals surface area contributed by atoms with Crippen molar-refractivity contribution in [2.24, 2.45) is 0 Å². The molecule has 13 nitrogen and oxygen atoms in total. The van der Waals surface area contributed by atoms with Crippen molar-refractivity contribution in [3.63, 3.8) is 0 Å². The van der Waals surface area contributed by atoms with Crippen LogP contribution in [0.3, 0.4) is 0 Å². The summed E-state index contributed by atoms with van der Waals surface area (Å²) in [5.74, 6) is 1.03. The summed E-state index contributed by atoms with van der Waals surface area (Å²) >= 11 is 0. The van der Waals surface area contributed by atoms with Crippen LogP contribution in [0.15, 0.2) is 12.1 Å². The smallest absolute Gasteiger partial charge is 0.229 e. The Morgan fingerprint density at radius 2 is 1.27 bits per heavy atom. The Bertz CT molecular complexity index is 751. The maximum absolute atomic E-state index is 10.4. The lowest BCUT2D eigenvalue weighted by molar-refractivity contribution is -0.290. The van der Waals surface area contributed by atoms with E-state index < -0.39 is 68.5 Å². The molecule has 0 bridgehead atoms. The Labute approximate surface area is 189 Å². The van der Waals surface area contributed by atoms with Crippen molar-refractivity contribution in [1.29, 1.82) is 0 Å². The molecule has 188 valence electrons. The summed E-state index contributed by atoms with van der Waals surface area (Å²) in [6.07, 6.45) is -12.6. The third-order valence-corrected chi connectivity index (χ3v) is 5.48. The Kier molecular flexibility index (Phi) is 8.55. The Morgan fingerprint density at radius 3 is 1.79 bits per heavy atom. The highest BCUT2D eigenvalue weighted by molar-refractivity contribution is 5.55. The van der Waals surface area contributed by atoms with E-state index in [1.54, 1.807) is 0 Å². The molecule has 0 radical (unpaired) electrons. The van der Waals surface area contributed by atoms with Gasteiger partial charge >= 0.3 is 0 Å². The molecule has 1 aromatic rings. The van der Waals surface area contributed by atoms with Crippen LogP contribution >= 0.6 is 0 Å². The van der Waals surface area contributed by atoms with E-state index in [1.165, 1.54) is 33.5 Å². The molecule has 0 saturated carbocycles. The monoisotopic (exact) mass is 478 g/mol. The molecule has 0 spiro atoms. The molecule has 0 aromatic heterocycles. The number of aliphatic hydroxyl groups is 6. The highest BCUT2D eigenvalue weighted by atomic mass is 16.7. The van der Waals surface area contributed by atoms with Gasteiger partial charge in [-0.2, -0.15) is 0 Å². The zero-order valence-electron chi connectivity index (χ0n) is 18.3. The van der Waals surface area contributed by atoms with Gasteiger partial charge in [-0.15, -0.1) is 0 Å². The van der Waals surface area contributed by atoms with E-state index in [-0.39, 0.29) is 17.2 Å². The van der Waals surface area contributed by atoms with Crippen LogP contribution in [0.5, 0.6) is 23.0 Å². The molecule has 2 aliphatic heterocycles. The van der Waals surface area contributed by atoms with Gasteiger partial charge in [-0.05, 0) is 0 Å². The molecule has 6 N–H and O–H groups in total. The van der Waals surface area contributed by atoms with Crippen LogP contribution in [-0.2, 0) is 14.2 Å². The largest absolute Gasteiger partial charge is 0.493 e. The van der Waals surface area contributed by atoms with Crippen molar-refractivity contribution in [1.82, 2.24) is 0 Å². The van der Waals surface area contributed by atoms with E-state index in [9.17, 15) is 25.5 Å². The number of rotatable bonds is 9. The minimum atomic E-state index is -1.65. The zero-order valence-corrected chi connectivity index (χ0v) is 18.3. The van der Waals surface area contributed by atoms with E-state index in [1.807, 2.05) is 0 Å². The van der Waals surface area contributed by atoms with Crippen LogP contribution in [0.25, 0.3) is 0 Å². The first-order chi connectivity index (χ1) is 15.7. The van der Waals surface area contributed by atoms with Gasteiger partial charge in [-0.3, -0.25) is 0 Å². The van der Waals surface area contributed by atoms with Gasteiger partial charge in [0.2, 0.25) is 12.0 Å². The lowest BCUT2D eigenvalue weighted by Crippen LogP contribution is -2.60. The summed E-state index contributed by atoms with van der Waals surface area (Å²) < 4.78 is 37.6. The lowest BCUT2D eigenvalue weighted by Gasteiger charge is -2.40. The van der Waals surface area contributed by atoms with Gasteiger partial charge in [0.05, 0.1) is 34.5 Å². The minimum Gasteiger partial charge on any atom is -0.493 e. The quantitative estimate of drug-likeness (QED) is 0.216. The van der Waals surface area contributed by atoms with Crippen LogP contribution in [0, 0.1) is 0 Å². The molecular weight excluding hydrogens is 448 g/mol. The molecule has 2 aliphatic rings. The van der Waals surface area contributed by atoms with Gasteiger partial charge < -0.3 is 63.8 Å². The fourth-order valence-corrected chi connectivity index (χ4v) is 3.60. The molecule has 2 saturated heterocycles. The van der Waals surface area contributed by atoms with Crippen LogP contribution < -0.4 is 18.9 Å². The first kappa shape index (κ1) is 25.7. The molecular formula is C20H30O13. The predicted molar refractivity (Wildman–Crippen MR) is 107 cm³/mol. The average molecular weight is 478 g/mol. The number of benzene rings is 1. The summed E-state index contributed by atoms with van der Waals surface area (Å²) in [5, 5.41) is 59.9. The molecule has 2 heterocycles. The normalized spacial score (nSPS) is 36.5. The number of methoxy groups -OCH3 is 3. The third-order valence-electron chi connectivity index (χ3n) is 5.48. The summed E-state index contributed by atoms with van der Waals surface area (Å²) in [7, 11) is 4.26. The molecule has 9 atom stereocenters. The van der Waals surface area contributed by atoms with Crippen molar-refractivity contribution in [2.45, 2.75) is 55.3 Å². The van der Waals surface area contributed by atoms with Gasteiger partial charge in [0, 0.05) is 12.1 Å². The fraction of sp³-hybridized carbons (Fsp3) is 0.700. The van der Waals surface area contributed by atoms with Crippen LogP contribution in [0.2, 0.25) is 0 Å². The SMILES string of the molecule is COc1cc(O[C@@H]2O[C@H](CO[C@@H]3O[C@H](CO)[C@@H](O)[C@H]3O)[C@@H](O)[C@H](O)[C@H]2O)cc(OC)c1OC. The van der Waals surface area contributed by atoms with Crippen molar-refractivity contribution in [3.8, 4) is 23.0 Å². The molecule has 13 heteroatoms. The summed E-state index contributed by atoms with van der Waals surface area (Å²) in [6.45, 7) is -0.928. The lowest BCUT2D eigenvalue weighted by atomic mass is 9.99. The molecule has 0 amide bonds. The second-order valence-corrected chi connectivity index (χ2v) is 7.53.